The summed E-state index contributed by atoms with van der Waals surface area (Å²) in [5, 5.41) is 0. The van der Waals surface area contributed by atoms with Crippen molar-refractivity contribution in [3.8, 4) is 5.75 Å². The summed E-state index contributed by atoms with van der Waals surface area (Å²) in [5.74, 6) is 0.947. The number of nitrogens with zero attached hydrogens (tertiary/aromatic N) is 1. The van der Waals surface area contributed by atoms with Crippen molar-refractivity contribution in [3.63, 3.8) is 0 Å². The third kappa shape index (κ3) is 3.07. The third-order valence-electron chi connectivity index (χ3n) is 4.16. The monoisotopic (exact) mass is 276 g/mol. The summed E-state index contributed by atoms with van der Waals surface area (Å²) < 4.78 is 11.3. The lowest BCUT2D eigenvalue weighted by Crippen LogP contribution is -2.43. The van der Waals surface area contributed by atoms with Crippen LogP contribution in [0.3, 0.4) is 0 Å². The fourth-order valence-electron chi connectivity index (χ4n) is 3.08. The molecule has 2 aliphatic rings. The molecule has 20 heavy (non-hydrogen) atoms. The molecule has 1 aromatic rings. The van der Waals surface area contributed by atoms with E-state index in [-0.39, 0.29) is 6.10 Å². The van der Waals surface area contributed by atoms with Crippen molar-refractivity contribution in [2.75, 3.05) is 31.2 Å². The molecule has 0 radical (unpaired) electrons. The highest BCUT2D eigenvalue weighted by Gasteiger charge is 2.20. The Morgan fingerprint density at radius 1 is 1.35 bits per heavy atom. The van der Waals surface area contributed by atoms with Gasteiger partial charge in [0.05, 0.1) is 13.2 Å². The van der Waals surface area contributed by atoms with Crippen LogP contribution < -0.4 is 15.4 Å². The molecule has 0 aliphatic carbocycles. The van der Waals surface area contributed by atoms with Crippen molar-refractivity contribution < 1.29 is 9.47 Å². The van der Waals surface area contributed by atoms with E-state index < -0.39 is 0 Å². The summed E-state index contributed by atoms with van der Waals surface area (Å²) in [4.78, 5) is 2.39. The van der Waals surface area contributed by atoms with Crippen LogP contribution in [-0.4, -0.2) is 38.4 Å². The van der Waals surface area contributed by atoms with Crippen LogP contribution >= 0.6 is 0 Å². The van der Waals surface area contributed by atoms with Crippen molar-refractivity contribution in [2.45, 2.75) is 38.3 Å². The second kappa shape index (κ2) is 6.02. The molecule has 2 heterocycles. The molecule has 4 nitrogen and oxygen atoms in total. The van der Waals surface area contributed by atoms with Gasteiger partial charge in [-0.25, -0.2) is 0 Å². The van der Waals surface area contributed by atoms with E-state index >= 15 is 0 Å². The maximum absolute atomic E-state index is 6.07. The second-order valence-electron chi connectivity index (χ2n) is 5.90. The maximum Gasteiger partial charge on any atom is 0.124 e. The van der Waals surface area contributed by atoms with Crippen LogP contribution in [0.15, 0.2) is 18.2 Å². The molecule has 0 saturated carbocycles. The van der Waals surface area contributed by atoms with Crippen molar-refractivity contribution in [3.05, 3.63) is 23.8 Å². The van der Waals surface area contributed by atoms with Crippen LogP contribution in [0.25, 0.3) is 0 Å². The van der Waals surface area contributed by atoms with Gasteiger partial charge < -0.3 is 20.1 Å². The molecule has 2 atom stereocenters. The van der Waals surface area contributed by atoms with Crippen LogP contribution in [0.1, 0.15) is 24.8 Å². The van der Waals surface area contributed by atoms with Gasteiger partial charge in [-0.1, -0.05) is 0 Å². The fourth-order valence-corrected chi connectivity index (χ4v) is 3.08. The molecule has 4 heteroatoms. The zero-order valence-electron chi connectivity index (χ0n) is 12.2. The first-order valence-electron chi connectivity index (χ1n) is 7.58. The van der Waals surface area contributed by atoms with Gasteiger partial charge >= 0.3 is 0 Å². The number of anilines is 1. The molecule has 0 bridgehead atoms. The van der Waals surface area contributed by atoms with Gasteiger partial charge in [0.25, 0.3) is 0 Å². The smallest absolute Gasteiger partial charge is 0.124 e. The van der Waals surface area contributed by atoms with Gasteiger partial charge in [0.2, 0.25) is 0 Å². The van der Waals surface area contributed by atoms with Crippen LogP contribution in [0, 0.1) is 6.92 Å². The van der Waals surface area contributed by atoms with Crippen LogP contribution in [0.5, 0.6) is 5.75 Å². The van der Waals surface area contributed by atoms with Crippen LogP contribution in [-0.2, 0) is 4.74 Å². The van der Waals surface area contributed by atoms with Gasteiger partial charge in [-0.2, -0.15) is 0 Å². The minimum Gasteiger partial charge on any atom is -0.488 e. The lowest BCUT2D eigenvalue weighted by molar-refractivity contribution is 0.141. The predicted molar refractivity (Wildman–Crippen MR) is 80.5 cm³/mol. The number of hydrogen-bond acceptors (Lipinski definition) is 4. The molecular formula is C16H24N2O2. The summed E-state index contributed by atoms with van der Waals surface area (Å²) in [6.45, 7) is 5.73. The first-order chi connectivity index (χ1) is 9.72. The molecule has 2 saturated heterocycles. The Balaban J connectivity index is 1.70. The quantitative estimate of drug-likeness (QED) is 0.918. The molecule has 2 fully saturated rings. The van der Waals surface area contributed by atoms with E-state index in [4.69, 9.17) is 15.2 Å². The number of piperidine rings is 1. The Morgan fingerprint density at radius 3 is 2.95 bits per heavy atom. The van der Waals surface area contributed by atoms with E-state index in [1.807, 2.05) is 0 Å². The lowest BCUT2D eigenvalue weighted by atomic mass is 10.0. The van der Waals surface area contributed by atoms with E-state index in [0.717, 1.165) is 38.3 Å². The summed E-state index contributed by atoms with van der Waals surface area (Å²) in [6.07, 6.45) is 3.52. The van der Waals surface area contributed by atoms with E-state index in [1.165, 1.54) is 17.7 Å². The Morgan fingerprint density at radius 2 is 2.25 bits per heavy atom. The highest BCUT2D eigenvalue weighted by atomic mass is 16.5. The summed E-state index contributed by atoms with van der Waals surface area (Å²) >= 11 is 0. The van der Waals surface area contributed by atoms with E-state index in [9.17, 15) is 0 Å². The van der Waals surface area contributed by atoms with Gasteiger partial charge in [-0.3, -0.25) is 0 Å². The largest absolute Gasteiger partial charge is 0.488 e. The van der Waals surface area contributed by atoms with Crippen LogP contribution in [0.4, 0.5) is 5.69 Å². The fraction of sp³-hybridized carbons (Fsp3) is 0.625. The minimum absolute atomic E-state index is 0.212. The molecule has 3 rings (SSSR count). The number of rotatable bonds is 3. The number of benzene rings is 1. The second-order valence-corrected chi connectivity index (χ2v) is 5.90. The van der Waals surface area contributed by atoms with Crippen molar-refractivity contribution in [2.24, 2.45) is 5.73 Å². The molecule has 110 valence electrons. The van der Waals surface area contributed by atoms with Crippen molar-refractivity contribution in [1.82, 2.24) is 0 Å². The Labute approximate surface area is 120 Å². The summed E-state index contributed by atoms with van der Waals surface area (Å²) in [5.41, 5.74) is 8.62. The molecule has 0 aromatic heterocycles. The first kappa shape index (κ1) is 13.7. The zero-order chi connectivity index (χ0) is 13.9. The molecule has 2 N–H and O–H groups in total. The minimum atomic E-state index is 0.212. The average molecular weight is 276 g/mol. The highest BCUT2D eigenvalue weighted by molar-refractivity contribution is 5.56. The van der Waals surface area contributed by atoms with Gasteiger partial charge in [0, 0.05) is 31.2 Å². The average Bonchev–Trinajstić information content (AvgIpc) is 2.92. The van der Waals surface area contributed by atoms with E-state index in [1.54, 1.807) is 0 Å². The topological polar surface area (TPSA) is 47.7 Å². The lowest BCUT2D eigenvalue weighted by Gasteiger charge is -2.33. The Kier molecular flexibility index (Phi) is 4.13. The van der Waals surface area contributed by atoms with E-state index in [0.29, 0.717) is 12.6 Å². The molecule has 0 amide bonds. The Hall–Kier alpha value is -1.26. The third-order valence-corrected chi connectivity index (χ3v) is 4.16. The zero-order valence-corrected chi connectivity index (χ0v) is 12.2. The Bertz CT molecular complexity index is 458. The van der Waals surface area contributed by atoms with Crippen LogP contribution in [0.2, 0.25) is 0 Å². The first-order valence-corrected chi connectivity index (χ1v) is 7.58. The van der Waals surface area contributed by atoms with Gasteiger partial charge in [0.15, 0.2) is 0 Å². The number of aryl methyl sites for hydroxylation is 1. The van der Waals surface area contributed by atoms with Gasteiger partial charge in [-0.15, -0.1) is 0 Å². The molecular weight excluding hydrogens is 252 g/mol. The van der Waals surface area contributed by atoms with Crippen molar-refractivity contribution in [1.29, 1.82) is 0 Å². The molecule has 1 aromatic carbocycles. The summed E-state index contributed by atoms with van der Waals surface area (Å²) in [6, 6.07) is 6.67. The molecule has 2 unspecified atom stereocenters. The maximum atomic E-state index is 6.07. The highest BCUT2D eigenvalue weighted by Crippen LogP contribution is 2.28. The summed E-state index contributed by atoms with van der Waals surface area (Å²) in [7, 11) is 0. The number of hydrogen-bond donors (Lipinski definition) is 1. The standard InChI is InChI=1S/C16H24N2O2/c1-12-9-14(20-15-6-8-19-11-15)4-5-16(12)18-7-2-3-13(17)10-18/h4-5,9,13,15H,2-3,6-8,10-11,17H2,1H3. The predicted octanol–water partition coefficient (Wildman–Crippen LogP) is 2.09. The van der Waals surface area contributed by atoms with Gasteiger partial charge in [-0.05, 0) is 43.5 Å². The van der Waals surface area contributed by atoms with Gasteiger partial charge in [0.1, 0.15) is 11.9 Å². The van der Waals surface area contributed by atoms with Crippen molar-refractivity contribution >= 4 is 5.69 Å². The number of ether oxygens (including phenoxy) is 2. The number of nitrogens with two attached hydrogens (primary N) is 1. The molecule has 0 spiro atoms. The molecule has 2 aliphatic heterocycles. The normalized spacial score (nSPS) is 26.8. The SMILES string of the molecule is Cc1cc(OC2CCOC2)ccc1N1CCCC(N)C1. The van der Waals surface area contributed by atoms with E-state index in [2.05, 4.69) is 30.0 Å².